The van der Waals surface area contributed by atoms with Crippen LogP contribution in [0.4, 0.5) is 4.79 Å². The summed E-state index contributed by atoms with van der Waals surface area (Å²) < 4.78 is 56.3. The molecule has 2 N–H and O–H groups in total. The molecule has 3 rings (SSSR count). The molecule has 34 heavy (non-hydrogen) atoms. The second-order valence-electron chi connectivity index (χ2n) is 8.60. The number of ether oxygens (including phenoxy) is 1. The smallest absolute Gasteiger partial charge is 0.410 e. The zero-order chi connectivity index (χ0) is 25.5. The van der Waals surface area contributed by atoms with Gasteiger partial charge in [0.2, 0.25) is 10.0 Å². The lowest BCUT2D eigenvalue weighted by Gasteiger charge is -2.35. The number of nitrogens with zero attached hydrogens (tertiary/aromatic N) is 3. The molecule has 1 amide bonds. The van der Waals surface area contributed by atoms with Gasteiger partial charge in [0.15, 0.2) is 0 Å². The zero-order valence-corrected chi connectivity index (χ0v) is 20.4. The number of amides is 1. The van der Waals surface area contributed by atoms with E-state index in [1.807, 2.05) is 0 Å². The molecule has 2 aromatic rings. The fourth-order valence-corrected chi connectivity index (χ4v) is 5.53. The number of benzene rings is 1. The van der Waals surface area contributed by atoms with Gasteiger partial charge in [0.1, 0.15) is 5.60 Å². The number of carboxylic acids is 1. The van der Waals surface area contributed by atoms with E-state index in [1.165, 1.54) is 39.5 Å². The maximum Gasteiger partial charge on any atom is 0.410 e. The van der Waals surface area contributed by atoms with Crippen molar-refractivity contribution in [1.82, 2.24) is 13.2 Å². The van der Waals surface area contributed by atoms with Gasteiger partial charge in [0, 0.05) is 37.9 Å². The van der Waals surface area contributed by atoms with Crippen LogP contribution in [0, 0.1) is 0 Å². The van der Waals surface area contributed by atoms with Gasteiger partial charge < -0.3 is 19.5 Å². The standard InChI is InChI=1S/C20H26N4O8S2/c1-20(2,3)32-19(27)22-10-12-23(13-11-22)33(28,29)15-6-4-14(5-7-15)16-8-9-24(34(21,30)31)17(16)18(25)26/h4-9H,10-13H2,1-3H3,(H,25,26)(H2,21,30,31)/p-1. The number of hydrogen-bond donors (Lipinski definition) is 1. The summed E-state index contributed by atoms with van der Waals surface area (Å²) in [5, 5.41) is 16.6. The van der Waals surface area contributed by atoms with Crippen molar-refractivity contribution in [2.45, 2.75) is 31.3 Å². The Kier molecular flexibility index (Phi) is 6.81. The molecule has 14 heteroatoms. The number of rotatable bonds is 5. The Morgan fingerprint density at radius 3 is 2.00 bits per heavy atom. The zero-order valence-electron chi connectivity index (χ0n) is 18.8. The monoisotopic (exact) mass is 513 g/mol. The Labute approximate surface area is 197 Å². The normalized spacial score (nSPS) is 15.8. The molecule has 1 aliphatic rings. The highest BCUT2D eigenvalue weighted by molar-refractivity contribution is 7.89. The highest BCUT2D eigenvalue weighted by Gasteiger charge is 2.32. The van der Waals surface area contributed by atoms with Crippen LogP contribution in [0.5, 0.6) is 0 Å². The number of aromatic nitrogens is 1. The van der Waals surface area contributed by atoms with E-state index in [0.29, 0.717) is 3.97 Å². The first kappa shape index (κ1) is 25.7. The van der Waals surface area contributed by atoms with Crippen LogP contribution in [0.3, 0.4) is 0 Å². The number of piperazine rings is 1. The second-order valence-corrected chi connectivity index (χ2v) is 12.0. The number of hydrogen-bond acceptors (Lipinski definition) is 8. The largest absolute Gasteiger partial charge is 0.543 e. The van der Waals surface area contributed by atoms with Gasteiger partial charge in [-0.1, -0.05) is 12.1 Å². The number of carboxylic acid groups (broad SMARTS) is 1. The Morgan fingerprint density at radius 1 is 0.971 bits per heavy atom. The molecule has 1 fully saturated rings. The predicted octanol–water partition coefficient (Wildman–Crippen LogP) is -0.188. The molecular formula is C20H25N4O8S2-. The summed E-state index contributed by atoms with van der Waals surface area (Å²) in [7, 11) is -8.26. The Morgan fingerprint density at radius 2 is 1.53 bits per heavy atom. The molecule has 0 spiro atoms. The van der Waals surface area contributed by atoms with E-state index in [9.17, 15) is 31.5 Å². The minimum atomic E-state index is -4.38. The first-order chi connectivity index (χ1) is 15.6. The second kappa shape index (κ2) is 9.02. The summed E-state index contributed by atoms with van der Waals surface area (Å²) in [6.45, 7) is 5.73. The van der Waals surface area contributed by atoms with Crippen LogP contribution in [-0.2, 0) is 25.0 Å². The fraction of sp³-hybridized carbons (Fsp3) is 0.400. The molecule has 0 saturated carbocycles. The van der Waals surface area contributed by atoms with E-state index in [-0.39, 0.29) is 42.2 Å². The summed E-state index contributed by atoms with van der Waals surface area (Å²) in [6, 6.07) is 6.53. The number of carbonyl (C=O) groups excluding carboxylic acids is 2. The average Bonchev–Trinajstić information content (AvgIpc) is 3.19. The van der Waals surface area contributed by atoms with Crippen molar-refractivity contribution in [2.75, 3.05) is 26.2 Å². The van der Waals surface area contributed by atoms with Gasteiger partial charge in [-0.2, -0.15) is 12.7 Å². The van der Waals surface area contributed by atoms with E-state index >= 15 is 0 Å². The SMILES string of the molecule is CC(C)(C)OC(=O)N1CCN(S(=O)(=O)c2ccc(-c3ccn(S(N)(=O)=O)c3C(=O)[O-])cc2)CC1. The molecule has 1 saturated heterocycles. The quantitative estimate of drug-likeness (QED) is 0.573. The molecule has 0 aliphatic carbocycles. The van der Waals surface area contributed by atoms with Crippen LogP contribution in [0.2, 0.25) is 0 Å². The number of aromatic carboxylic acids is 1. The van der Waals surface area contributed by atoms with Gasteiger partial charge in [-0.25, -0.2) is 22.3 Å². The summed E-state index contributed by atoms with van der Waals surface area (Å²) in [5.41, 5.74) is -1.07. The van der Waals surface area contributed by atoms with E-state index < -0.39 is 43.6 Å². The van der Waals surface area contributed by atoms with Crippen LogP contribution in [-0.4, -0.2) is 73.9 Å². The van der Waals surface area contributed by atoms with Crippen molar-refractivity contribution < 1.29 is 36.3 Å². The van der Waals surface area contributed by atoms with Gasteiger partial charge in [-0.3, -0.25) is 0 Å². The molecular weight excluding hydrogens is 488 g/mol. The molecule has 1 aliphatic heterocycles. The van der Waals surface area contributed by atoms with Gasteiger partial charge in [0.05, 0.1) is 16.6 Å². The van der Waals surface area contributed by atoms with Gasteiger partial charge in [-0.15, -0.1) is 0 Å². The van der Waals surface area contributed by atoms with Crippen LogP contribution in [0.25, 0.3) is 11.1 Å². The van der Waals surface area contributed by atoms with Crippen molar-refractivity contribution in [3.05, 3.63) is 42.2 Å². The molecule has 0 unspecified atom stereocenters. The van der Waals surface area contributed by atoms with Crippen LogP contribution in [0.15, 0.2) is 41.4 Å². The van der Waals surface area contributed by atoms with E-state index in [0.717, 1.165) is 6.20 Å². The molecule has 1 aromatic heterocycles. The molecule has 186 valence electrons. The lowest BCUT2D eigenvalue weighted by atomic mass is 10.1. The Balaban J connectivity index is 1.79. The predicted molar refractivity (Wildman–Crippen MR) is 119 cm³/mol. The maximum absolute atomic E-state index is 13.0. The van der Waals surface area contributed by atoms with Crippen LogP contribution < -0.4 is 10.2 Å². The van der Waals surface area contributed by atoms with Crippen LogP contribution >= 0.6 is 0 Å². The van der Waals surface area contributed by atoms with E-state index in [2.05, 4.69) is 0 Å². The minimum Gasteiger partial charge on any atom is -0.543 e. The third-order valence-electron chi connectivity index (χ3n) is 5.01. The lowest BCUT2D eigenvalue weighted by Crippen LogP contribution is -2.51. The van der Waals surface area contributed by atoms with Gasteiger partial charge in [-0.05, 0) is 44.5 Å². The summed E-state index contributed by atoms with van der Waals surface area (Å²) >= 11 is 0. The van der Waals surface area contributed by atoms with Gasteiger partial charge in [0.25, 0.3) is 0 Å². The number of nitrogens with two attached hydrogens (primary N) is 1. The molecule has 12 nitrogen and oxygen atoms in total. The summed E-state index contributed by atoms with van der Waals surface area (Å²) in [5.74, 6) is -1.76. The Bertz CT molecular complexity index is 1300. The van der Waals surface area contributed by atoms with Crippen molar-refractivity contribution in [2.24, 2.45) is 5.14 Å². The van der Waals surface area contributed by atoms with E-state index in [4.69, 9.17) is 9.88 Å². The fourth-order valence-electron chi connectivity index (χ4n) is 3.45. The lowest BCUT2D eigenvalue weighted by molar-refractivity contribution is -0.255. The highest BCUT2D eigenvalue weighted by Crippen LogP contribution is 2.28. The summed E-state index contributed by atoms with van der Waals surface area (Å²) in [4.78, 5) is 25.1. The third-order valence-corrected chi connectivity index (χ3v) is 7.78. The number of sulfonamides is 1. The molecule has 1 aromatic carbocycles. The minimum absolute atomic E-state index is 0.00366. The highest BCUT2D eigenvalue weighted by atomic mass is 32.2. The first-order valence-corrected chi connectivity index (χ1v) is 13.1. The Hall–Kier alpha value is -2.94. The molecule has 0 radical (unpaired) electrons. The van der Waals surface area contributed by atoms with Crippen LogP contribution in [0.1, 0.15) is 31.3 Å². The maximum atomic E-state index is 13.0. The summed E-state index contributed by atoms with van der Waals surface area (Å²) in [6.07, 6.45) is 0.467. The number of carbonyl (C=O) groups is 2. The average molecular weight is 514 g/mol. The third kappa shape index (κ3) is 5.41. The van der Waals surface area contributed by atoms with Crippen molar-refractivity contribution in [1.29, 1.82) is 0 Å². The first-order valence-electron chi connectivity index (χ1n) is 10.2. The molecule has 0 atom stereocenters. The van der Waals surface area contributed by atoms with Crippen molar-refractivity contribution in [3.8, 4) is 11.1 Å². The molecule has 0 bridgehead atoms. The van der Waals surface area contributed by atoms with Gasteiger partial charge >= 0.3 is 16.3 Å². The van der Waals surface area contributed by atoms with Crippen molar-refractivity contribution in [3.63, 3.8) is 0 Å². The molecule has 2 heterocycles. The topological polar surface area (TPSA) is 172 Å². The van der Waals surface area contributed by atoms with Crippen molar-refractivity contribution >= 4 is 32.3 Å². The van der Waals surface area contributed by atoms with E-state index in [1.54, 1.807) is 20.8 Å².